The van der Waals surface area contributed by atoms with E-state index in [1.807, 2.05) is 72.9 Å². The highest BCUT2D eigenvalue weighted by molar-refractivity contribution is 6.31. The van der Waals surface area contributed by atoms with Crippen molar-refractivity contribution >= 4 is 22.5 Å². The van der Waals surface area contributed by atoms with Gasteiger partial charge in [-0.05, 0) is 47.3 Å². The number of halogens is 1. The van der Waals surface area contributed by atoms with Crippen molar-refractivity contribution in [3.63, 3.8) is 0 Å². The molecule has 0 aliphatic carbocycles. The smallest absolute Gasteiger partial charge is 0.255 e. The molecule has 4 rings (SSSR count). The molecule has 6 heteroatoms. The number of para-hydroxylation sites is 1. The maximum Gasteiger partial charge on any atom is 0.255 e. The lowest BCUT2D eigenvalue weighted by Gasteiger charge is -2.14. The predicted octanol–water partition coefficient (Wildman–Crippen LogP) is 4.42. The van der Waals surface area contributed by atoms with E-state index in [4.69, 9.17) is 16.3 Å². The second-order valence-electron chi connectivity index (χ2n) is 6.96. The van der Waals surface area contributed by atoms with E-state index in [2.05, 4.69) is 10.3 Å². The van der Waals surface area contributed by atoms with Gasteiger partial charge in [0.2, 0.25) is 0 Å². The molecule has 0 spiro atoms. The van der Waals surface area contributed by atoms with E-state index in [9.17, 15) is 4.79 Å². The molecule has 0 saturated heterocycles. The van der Waals surface area contributed by atoms with Crippen LogP contribution in [0.15, 0.2) is 83.9 Å². The van der Waals surface area contributed by atoms with Gasteiger partial charge in [-0.25, -0.2) is 0 Å². The van der Waals surface area contributed by atoms with E-state index < -0.39 is 0 Å². The van der Waals surface area contributed by atoms with E-state index >= 15 is 0 Å². The quantitative estimate of drug-likeness (QED) is 0.459. The second-order valence-corrected chi connectivity index (χ2v) is 7.39. The molecule has 2 heterocycles. The number of ether oxygens (including phenoxy) is 1. The minimum atomic E-state index is -0.0416. The Labute approximate surface area is 179 Å². The van der Waals surface area contributed by atoms with Gasteiger partial charge in [0.1, 0.15) is 12.4 Å². The average molecular weight is 420 g/mol. The monoisotopic (exact) mass is 419 g/mol. The largest absolute Gasteiger partial charge is 0.492 e. The van der Waals surface area contributed by atoms with Gasteiger partial charge in [0, 0.05) is 36.1 Å². The minimum Gasteiger partial charge on any atom is -0.492 e. The zero-order valence-corrected chi connectivity index (χ0v) is 17.2. The van der Waals surface area contributed by atoms with Crippen LogP contribution in [-0.2, 0) is 19.6 Å². The lowest BCUT2D eigenvalue weighted by atomic mass is 10.1. The Kier molecular flexibility index (Phi) is 6.42. The van der Waals surface area contributed by atoms with Crippen LogP contribution in [0.25, 0.3) is 10.9 Å². The number of rotatable bonds is 8. The van der Waals surface area contributed by atoms with Crippen LogP contribution in [-0.4, -0.2) is 16.2 Å². The van der Waals surface area contributed by atoms with Crippen LogP contribution in [0.3, 0.4) is 0 Å². The number of fused-ring (bicyclic) bond motifs is 1. The molecule has 152 valence electrons. The Bertz CT molecular complexity index is 1180. The van der Waals surface area contributed by atoms with Gasteiger partial charge in [0.25, 0.3) is 5.56 Å². The number of hydrogen-bond donors (Lipinski definition) is 1. The fourth-order valence-electron chi connectivity index (χ4n) is 3.37. The Morgan fingerprint density at radius 2 is 1.87 bits per heavy atom. The molecule has 0 bridgehead atoms. The lowest BCUT2D eigenvalue weighted by molar-refractivity contribution is 0.298. The van der Waals surface area contributed by atoms with Gasteiger partial charge in [-0.1, -0.05) is 41.9 Å². The summed E-state index contributed by atoms with van der Waals surface area (Å²) in [6.07, 6.45) is 3.56. The van der Waals surface area contributed by atoms with Crippen molar-refractivity contribution in [3.8, 4) is 5.75 Å². The van der Waals surface area contributed by atoms with Gasteiger partial charge < -0.3 is 14.6 Å². The highest BCUT2D eigenvalue weighted by Gasteiger charge is 2.10. The number of hydrogen-bond acceptors (Lipinski definition) is 4. The van der Waals surface area contributed by atoms with Crippen molar-refractivity contribution < 1.29 is 4.74 Å². The Morgan fingerprint density at radius 1 is 1.00 bits per heavy atom. The Balaban J connectivity index is 1.55. The molecule has 0 radical (unpaired) electrons. The third kappa shape index (κ3) is 4.87. The standard InChI is InChI=1S/C24H22ClN3O2/c25-21-9-8-19-13-20(17-27-16-18-5-4-10-26-15-18)24(29)28(23(19)14-21)11-12-30-22-6-2-1-3-7-22/h1-10,13-15,27H,11-12,16-17H2. The van der Waals surface area contributed by atoms with Crippen LogP contribution < -0.4 is 15.6 Å². The molecule has 0 aliphatic rings. The first-order valence-electron chi connectivity index (χ1n) is 9.80. The van der Waals surface area contributed by atoms with Crippen LogP contribution in [0.5, 0.6) is 5.75 Å². The molecule has 0 amide bonds. The molecule has 5 nitrogen and oxygen atoms in total. The van der Waals surface area contributed by atoms with Crippen LogP contribution >= 0.6 is 11.6 Å². The first-order chi connectivity index (χ1) is 14.7. The zero-order valence-electron chi connectivity index (χ0n) is 16.4. The summed E-state index contributed by atoms with van der Waals surface area (Å²) in [6, 6.07) is 21.0. The summed E-state index contributed by atoms with van der Waals surface area (Å²) in [5.41, 5.74) is 2.54. The molecular weight excluding hydrogens is 398 g/mol. The van der Waals surface area contributed by atoms with Gasteiger partial charge >= 0.3 is 0 Å². The highest BCUT2D eigenvalue weighted by atomic mass is 35.5. The Morgan fingerprint density at radius 3 is 2.67 bits per heavy atom. The number of benzene rings is 2. The summed E-state index contributed by atoms with van der Waals surface area (Å²) in [5.74, 6) is 0.780. The first-order valence-corrected chi connectivity index (χ1v) is 10.2. The summed E-state index contributed by atoms with van der Waals surface area (Å²) < 4.78 is 7.55. The van der Waals surface area contributed by atoms with Crippen molar-refractivity contribution in [1.29, 1.82) is 0 Å². The van der Waals surface area contributed by atoms with E-state index in [1.54, 1.807) is 10.8 Å². The second kappa shape index (κ2) is 9.57. The van der Waals surface area contributed by atoms with Gasteiger partial charge in [-0.2, -0.15) is 0 Å². The van der Waals surface area contributed by atoms with Crippen molar-refractivity contribution in [1.82, 2.24) is 14.9 Å². The third-order valence-corrected chi connectivity index (χ3v) is 5.06. The van der Waals surface area contributed by atoms with Crippen LogP contribution in [0.4, 0.5) is 0 Å². The fourth-order valence-corrected chi connectivity index (χ4v) is 3.54. The fraction of sp³-hybridized carbons (Fsp3) is 0.167. The molecule has 0 atom stereocenters. The molecule has 4 aromatic rings. The van der Waals surface area contributed by atoms with Crippen LogP contribution in [0.1, 0.15) is 11.1 Å². The normalized spacial score (nSPS) is 11.0. The van der Waals surface area contributed by atoms with Gasteiger partial charge in [0.05, 0.1) is 12.1 Å². The summed E-state index contributed by atoms with van der Waals surface area (Å²) in [5, 5.41) is 4.90. The van der Waals surface area contributed by atoms with Gasteiger partial charge in [0.15, 0.2) is 0 Å². The summed E-state index contributed by atoms with van der Waals surface area (Å²) in [4.78, 5) is 17.3. The van der Waals surface area contributed by atoms with Gasteiger partial charge in [-0.3, -0.25) is 9.78 Å². The number of pyridine rings is 2. The molecule has 0 saturated carbocycles. The Hall–Kier alpha value is -3.15. The number of aromatic nitrogens is 2. The zero-order chi connectivity index (χ0) is 20.8. The van der Waals surface area contributed by atoms with E-state index in [0.717, 1.165) is 22.2 Å². The van der Waals surface area contributed by atoms with E-state index in [-0.39, 0.29) is 5.56 Å². The van der Waals surface area contributed by atoms with Crippen molar-refractivity contribution in [3.05, 3.63) is 106 Å². The molecule has 2 aromatic heterocycles. The topological polar surface area (TPSA) is 56.2 Å². The molecule has 1 N–H and O–H groups in total. The molecular formula is C24H22ClN3O2. The predicted molar refractivity (Wildman–Crippen MR) is 120 cm³/mol. The molecule has 0 unspecified atom stereocenters. The van der Waals surface area contributed by atoms with Crippen molar-refractivity contribution in [2.24, 2.45) is 0 Å². The molecule has 2 aromatic carbocycles. The number of nitrogens with one attached hydrogen (secondary N) is 1. The SMILES string of the molecule is O=c1c(CNCc2cccnc2)cc2ccc(Cl)cc2n1CCOc1ccccc1. The minimum absolute atomic E-state index is 0.0416. The molecule has 30 heavy (non-hydrogen) atoms. The maximum atomic E-state index is 13.2. The third-order valence-electron chi connectivity index (χ3n) is 4.83. The van der Waals surface area contributed by atoms with Crippen LogP contribution in [0.2, 0.25) is 5.02 Å². The molecule has 0 aliphatic heterocycles. The lowest BCUT2D eigenvalue weighted by Crippen LogP contribution is -2.29. The van der Waals surface area contributed by atoms with Crippen molar-refractivity contribution in [2.45, 2.75) is 19.6 Å². The van der Waals surface area contributed by atoms with Gasteiger partial charge in [-0.15, -0.1) is 0 Å². The van der Waals surface area contributed by atoms with E-state index in [1.165, 1.54) is 0 Å². The van der Waals surface area contributed by atoms with E-state index in [0.29, 0.717) is 36.8 Å². The summed E-state index contributed by atoms with van der Waals surface area (Å²) in [6.45, 7) is 1.92. The van der Waals surface area contributed by atoms with Crippen molar-refractivity contribution in [2.75, 3.05) is 6.61 Å². The maximum absolute atomic E-state index is 13.2. The van der Waals surface area contributed by atoms with Crippen LogP contribution in [0, 0.1) is 0 Å². The highest BCUT2D eigenvalue weighted by Crippen LogP contribution is 2.19. The first kappa shape index (κ1) is 20.1. The summed E-state index contributed by atoms with van der Waals surface area (Å²) in [7, 11) is 0. The average Bonchev–Trinajstić information content (AvgIpc) is 2.78. The summed E-state index contributed by atoms with van der Waals surface area (Å²) >= 11 is 6.20. The number of nitrogens with zero attached hydrogens (tertiary/aromatic N) is 2. The molecule has 0 fully saturated rings.